The van der Waals surface area contributed by atoms with Crippen LogP contribution in [0.25, 0.3) is 0 Å². The first-order valence-electron chi connectivity index (χ1n) is 7.51. The Hall–Kier alpha value is -2.60. The van der Waals surface area contributed by atoms with E-state index in [4.69, 9.17) is 0 Å². The molecule has 0 saturated heterocycles. The lowest BCUT2D eigenvalue weighted by Gasteiger charge is -2.07. The molecular weight excluding hydrogens is 425 g/mol. The molecule has 0 aliphatic carbocycles. The van der Waals surface area contributed by atoms with Crippen LogP contribution < -0.4 is 4.72 Å². The second kappa shape index (κ2) is 7.43. The maximum Gasteiger partial charge on any atom is 0.416 e. The third-order valence-electron chi connectivity index (χ3n) is 3.48. The van der Waals surface area contributed by atoms with Crippen molar-refractivity contribution in [1.82, 2.24) is 10.2 Å². The molecule has 5 nitrogen and oxygen atoms in total. The number of hydrogen-bond donors (Lipinski definition) is 1. The highest BCUT2D eigenvalue weighted by Gasteiger charge is 2.30. The Labute approximate surface area is 159 Å². The molecule has 2 aromatic carbocycles. The van der Waals surface area contributed by atoms with E-state index in [1.165, 1.54) is 12.1 Å². The fraction of sp³-hybridized carbons (Fsp3) is 0.125. The molecule has 1 aromatic heterocycles. The number of anilines is 1. The molecule has 1 N–H and O–H groups in total. The van der Waals surface area contributed by atoms with E-state index < -0.39 is 38.3 Å². The van der Waals surface area contributed by atoms with Crippen LogP contribution in [0.2, 0.25) is 0 Å². The van der Waals surface area contributed by atoms with Crippen LogP contribution in [-0.4, -0.2) is 18.6 Å². The minimum absolute atomic E-state index is 0.00573. The summed E-state index contributed by atoms with van der Waals surface area (Å²) in [5.74, 6) is -2.21. The van der Waals surface area contributed by atoms with E-state index in [9.17, 15) is 30.4 Å². The molecule has 0 aliphatic heterocycles. The molecule has 0 radical (unpaired) electrons. The van der Waals surface area contributed by atoms with Gasteiger partial charge >= 0.3 is 6.18 Å². The van der Waals surface area contributed by atoms with Gasteiger partial charge < -0.3 is 0 Å². The maximum atomic E-state index is 13.7. The number of aromatic nitrogens is 2. The van der Waals surface area contributed by atoms with Crippen LogP contribution in [0.5, 0.6) is 0 Å². The first kappa shape index (κ1) is 20.1. The van der Waals surface area contributed by atoms with Gasteiger partial charge in [0, 0.05) is 12.5 Å². The van der Waals surface area contributed by atoms with Crippen LogP contribution >= 0.6 is 11.3 Å². The Balaban J connectivity index is 1.77. The van der Waals surface area contributed by atoms with Gasteiger partial charge in [-0.15, -0.1) is 10.2 Å². The van der Waals surface area contributed by atoms with Gasteiger partial charge in [-0.25, -0.2) is 17.2 Å². The van der Waals surface area contributed by atoms with Gasteiger partial charge in [-0.2, -0.15) is 13.2 Å². The van der Waals surface area contributed by atoms with Crippen molar-refractivity contribution in [3.63, 3.8) is 0 Å². The number of hydrogen-bond acceptors (Lipinski definition) is 5. The third-order valence-corrected chi connectivity index (χ3v) is 5.82. The quantitative estimate of drug-likeness (QED) is 0.609. The molecule has 1 heterocycles. The van der Waals surface area contributed by atoms with Crippen molar-refractivity contribution < 1.29 is 30.4 Å². The average molecular weight is 435 g/mol. The molecule has 0 amide bonds. The second-order valence-corrected chi connectivity index (χ2v) is 8.27. The Morgan fingerprint density at radius 2 is 1.79 bits per heavy atom. The predicted molar refractivity (Wildman–Crippen MR) is 91.3 cm³/mol. The Kier molecular flexibility index (Phi) is 5.35. The average Bonchev–Trinajstić information content (AvgIpc) is 3.00. The van der Waals surface area contributed by atoms with Crippen molar-refractivity contribution in [2.75, 3.05) is 4.72 Å². The van der Waals surface area contributed by atoms with Gasteiger partial charge in [-0.3, -0.25) is 4.72 Å². The zero-order valence-electron chi connectivity index (χ0n) is 13.7. The molecule has 0 fully saturated rings. The molecule has 3 rings (SSSR count). The predicted octanol–water partition coefficient (Wildman–Crippen LogP) is 4.23. The Morgan fingerprint density at radius 1 is 1.04 bits per heavy atom. The molecule has 0 spiro atoms. The lowest BCUT2D eigenvalue weighted by Crippen LogP contribution is -2.14. The summed E-state index contributed by atoms with van der Waals surface area (Å²) in [6.07, 6.45) is -4.49. The molecule has 148 valence electrons. The molecule has 12 heteroatoms. The number of alkyl halides is 3. The Bertz CT molecular complexity index is 1110. The smallest absolute Gasteiger partial charge is 0.253 e. The van der Waals surface area contributed by atoms with E-state index in [1.807, 2.05) is 4.72 Å². The largest absolute Gasteiger partial charge is 0.416 e. The van der Waals surface area contributed by atoms with E-state index >= 15 is 0 Å². The summed E-state index contributed by atoms with van der Waals surface area (Å²) in [5.41, 5.74) is -0.507. The third kappa shape index (κ3) is 4.62. The van der Waals surface area contributed by atoms with Crippen LogP contribution in [0.15, 0.2) is 47.4 Å². The van der Waals surface area contributed by atoms with E-state index in [0.29, 0.717) is 11.6 Å². The highest BCUT2D eigenvalue weighted by molar-refractivity contribution is 7.93. The van der Waals surface area contributed by atoms with Crippen LogP contribution in [-0.2, 0) is 22.6 Å². The van der Waals surface area contributed by atoms with Crippen molar-refractivity contribution in [3.8, 4) is 0 Å². The van der Waals surface area contributed by atoms with Gasteiger partial charge in [0.25, 0.3) is 10.0 Å². The number of benzene rings is 2. The molecule has 28 heavy (non-hydrogen) atoms. The standard InChI is InChI=1S/C16H10F5N3O2S2/c17-11-4-5-13(12(18)8-11)28(25,26)24-15-23-22-14(27-15)7-9-2-1-3-10(6-9)16(19,20)21/h1-6,8H,7H2,(H,23,24). The normalized spacial score (nSPS) is 12.2. The fourth-order valence-electron chi connectivity index (χ4n) is 2.26. The van der Waals surface area contributed by atoms with E-state index in [-0.39, 0.29) is 16.6 Å². The lowest BCUT2D eigenvalue weighted by atomic mass is 10.1. The summed E-state index contributed by atoms with van der Waals surface area (Å²) < 4.78 is 91.3. The zero-order chi connectivity index (χ0) is 20.5. The highest BCUT2D eigenvalue weighted by Crippen LogP contribution is 2.30. The van der Waals surface area contributed by atoms with Crippen molar-refractivity contribution in [1.29, 1.82) is 0 Å². The first-order chi connectivity index (χ1) is 13.0. The number of sulfonamides is 1. The molecule has 0 saturated carbocycles. The van der Waals surface area contributed by atoms with Crippen LogP contribution in [0.1, 0.15) is 16.1 Å². The van der Waals surface area contributed by atoms with Crippen LogP contribution in [0.3, 0.4) is 0 Å². The van der Waals surface area contributed by atoms with Crippen molar-refractivity contribution in [2.45, 2.75) is 17.5 Å². The topological polar surface area (TPSA) is 72.0 Å². The van der Waals surface area contributed by atoms with Crippen LogP contribution in [0, 0.1) is 11.6 Å². The van der Waals surface area contributed by atoms with Crippen molar-refractivity contribution >= 4 is 26.5 Å². The molecule has 0 aliphatic rings. The van der Waals surface area contributed by atoms with Gasteiger partial charge in [0.1, 0.15) is 21.5 Å². The number of rotatable bonds is 5. The second-order valence-electron chi connectivity index (χ2n) is 5.56. The SMILES string of the molecule is O=S(=O)(Nc1nnc(Cc2cccc(C(F)(F)F)c2)s1)c1ccc(F)cc1F. The lowest BCUT2D eigenvalue weighted by molar-refractivity contribution is -0.137. The number of nitrogens with zero attached hydrogens (tertiary/aromatic N) is 2. The monoisotopic (exact) mass is 435 g/mol. The summed E-state index contributed by atoms with van der Waals surface area (Å²) in [5, 5.41) is 7.37. The maximum absolute atomic E-state index is 13.7. The van der Waals surface area contributed by atoms with E-state index in [0.717, 1.165) is 35.6 Å². The van der Waals surface area contributed by atoms with E-state index in [2.05, 4.69) is 10.2 Å². The summed E-state index contributed by atoms with van der Waals surface area (Å²) >= 11 is 0.781. The summed E-state index contributed by atoms with van der Waals surface area (Å²) in [4.78, 5) is -0.775. The highest BCUT2D eigenvalue weighted by atomic mass is 32.2. The van der Waals surface area contributed by atoms with Gasteiger partial charge in [0.15, 0.2) is 0 Å². The minimum atomic E-state index is -4.49. The molecule has 3 aromatic rings. The summed E-state index contributed by atoms with van der Waals surface area (Å²) in [6.45, 7) is 0. The van der Waals surface area contributed by atoms with Crippen LogP contribution in [0.4, 0.5) is 27.1 Å². The number of nitrogens with one attached hydrogen (secondary N) is 1. The van der Waals surface area contributed by atoms with Gasteiger partial charge in [-0.1, -0.05) is 29.5 Å². The summed E-state index contributed by atoms with van der Waals surface area (Å²) in [6, 6.07) is 6.58. The van der Waals surface area contributed by atoms with Gasteiger partial charge in [0.2, 0.25) is 5.13 Å². The molecule has 0 bridgehead atoms. The van der Waals surface area contributed by atoms with Gasteiger partial charge in [-0.05, 0) is 23.8 Å². The van der Waals surface area contributed by atoms with Crippen molar-refractivity contribution in [3.05, 3.63) is 70.2 Å². The first-order valence-corrected chi connectivity index (χ1v) is 9.81. The molecule has 0 atom stereocenters. The minimum Gasteiger partial charge on any atom is -0.253 e. The Morgan fingerprint density at radius 3 is 2.46 bits per heavy atom. The number of halogens is 5. The molecule has 0 unspecified atom stereocenters. The fourth-order valence-corrected chi connectivity index (χ4v) is 4.33. The zero-order valence-corrected chi connectivity index (χ0v) is 15.3. The van der Waals surface area contributed by atoms with Gasteiger partial charge in [0.05, 0.1) is 5.56 Å². The van der Waals surface area contributed by atoms with Crippen molar-refractivity contribution in [2.24, 2.45) is 0 Å². The molecular formula is C16H10F5N3O2S2. The summed E-state index contributed by atoms with van der Waals surface area (Å²) in [7, 11) is -4.38. The van der Waals surface area contributed by atoms with E-state index in [1.54, 1.807) is 0 Å².